The van der Waals surface area contributed by atoms with Gasteiger partial charge >= 0.3 is 0 Å². The van der Waals surface area contributed by atoms with Crippen LogP contribution in [0.25, 0.3) is 22.2 Å². The Morgan fingerprint density at radius 1 is 0.870 bits per heavy atom. The number of rotatable bonds is 2. The van der Waals surface area contributed by atoms with Crippen LogP contribution in [0, 0.1) is 19.1 Å². The molecule has 0 aliphatic rings. The van der Waals surface area contributed by atoms with E-state index in [2.05, 4.69) is 63.8 Å². The smallest absolute Gasteiger partial charge is 0.224 e. The van der Waals surface area contributed by atoms with E-state index in [0.717, 1.165) is 26.9 Å². The molecule has 0 fully saturated rings. The van der Waals surface area contributed by atoms with Crippen LogP contribution >= 0.6 is 0 Å². The molecule has 0 radical (unpaired) electrons. The molecular formula is C20H23NOSi. The monoisotopic (exact) mass is 321 g/mol. The first-order valence-electron chi connectivity index (χ1n) is 8.02. The highest BCUT2D eigenvalue weighted by atomic mass is 28.3. The van der Waals surface area contributed by atoms with Crippen molar-refractivity contribution in [3.8, 4) is 11.3 Å². The van der Waals surface area contributed by atoms with Gasteiger partial charge in [0, 0.05) is 23.1 Å². The minimum absolute atomic E-state index is 0.719. The van der Waals surface area contributed by atoms with Crippen molar-refractivity contribution in [3.05, 3.63) is 64.9 Å². The number of hydrogen-bond donors (Lipinski definition) is 0. The number of aromatic nitrogens is 1. The van der Waals surface area contributed by atoms with Gasteiger partial charge in [0.2, 0.25) is 11.2 Å². The molecule has 0 unspecified atom stereocenters. The third kappa shape index (κ3) is 2.89. The zero-order valence-electron chi connectivity index (χ0n) is 14.5. The summed E-state index contributed by atoms with van der Waals surface area (Å²) in [5.74, 6) is 0. The SMILES string of the molecule is Cc1cc(C)cc(-c2ccc3c([Si](C)(C)C)cccc3[n+]2[O-])c1. The summed E-state index contributed by atoms with van der Waals surface area (Å²) in [5, 5.41) is 15.4. The normalized spacial score (nSPS) is 11.9. The number of pyridine rings is 1. The van der Waals surface area contributed by atoms with Crippen LogP contribution in [-0.2, 0) is 0 Å². The summed E-state index contributed by atoms with van der Waals surface area (Å²) in [7, 11) is -1.49. The van der Waals surface area contributed by atoms with Gasteiger partial charge in [0.15, 0.2) is 0 Å². The maximum Gasteiger partial charge on any atom is 0.224 e. The van der Waals surface area contributed by atoms with E-state index in [1.807, 2.05) is 18.2 Å². The summed E-state index contributed by atoms with van der Waals surface area (Å²) in [6, 6.07) is 16.5. The molecule has 0 atom stereocenters. The van der Waals surface area contributed by atoms with Gasteiger partial charge in [-0.3, -0.25) is 0 Å². The van der Waals surface area contributed by atoms with Gasteiger partial charge in [0.25, 0.3) is 0 Å². The van der Waals surface area contributed by atoms with Gasteiger partial charge in [-0.05, 0) is 37.2 Å². The van der Waals surface area contributed by atoms with Gasteiger partial charge in [0.1, 0.15) is 0 Å². The molecule has 23 heavy (non-hydrogen) atoms. The quantitative estimate of drug-likeness (QED) is 0.393. The third-order valence-electron chi connectivity index (χ3n) is 4.25. The number of nitrogens with zero attached hydrogens (tertiary/aromatic N) is 1. The van der Waals surface area contributed by atoms with Gasteiger partial charge in [-0.1, -0.05) is 49.0 Å². The van der Waals surface area contributed by atoms with Crippen molar-refractivity contribution in [1.29, 1.82) is 0 Å². The Hall–Kier alpha value is -2.13. The summed E-state index contributed by atoms with van der Waals surface area (Å²) in [6.45, 7) is 11.1. The molecule has 3 heteroatoms. The Labute approximate surface area is 139 Å². The first kappa shape index (κ1) is 15.8. The fraction of sp³-hybridized carbons (Fsp3) is 0.250. The van der Waals surface area contributed by atoms with E-state index in [-0.39, 0.29) is 0 Å². The lowest BCUT2D eigenvalue weighted by Gasteiger charge is -2.19. The van der Waals surface area contributed by atoms with Crippen LogP contribution in [0.15, 0.2) is 48.5 Å². The van der Waals surface area contributed by atoms with Gasteiger partial charge in [0.05, 0.1) is 8.07 Å². The molecule has 0 amide bonds. The minimum atomic E-state index is -1.49. The zero-order valence-corrected chi connectivity index (χ0v) is 15.5. The predicted octanol–water partition coefficient (Wildman–Crippen LogP) is 4.30. The lowest BCUT2D eigenvalue weighted by Crippen LogP contribution is -2.40. The van der Waals surface area contributed by atoms with E-state index >= 15 is 0 Å². The molecule has 0 spiro atoms. The molecule has 3 rings (SSSR count). The summed E-state index contributed by atoms with van der Waals surface area (Å²) in [5.41, 5.74) is 4.82. The van der Waals surface area contributed by atoms with Crippen LogP contribution in [0.4, 0.5) is 0 Å². The van der Waals surface area contributed by atoms with Crippen LogP contribution < -0.4 is 9.92 Å². The lowest BCUT2D eigenvalue weighted by atomic mass is 10.0. The molecule has 0 aliphatic carbocycles. The second-order valence-corrected chi connectivity index (χ2v) is 12.4. The summed E-state index contributed by atoms with van der Waals surface area (Å²) >= 11 is 0. The van der Waals surface area contributed by atoms with Gasteiger partial charge < -0.3 is 5.21 Å². The molecule has 2 nitrogen and oxygen atoms in total. The highest BCUT2D eigenvalue weighted by Crippen LogP contribution is 2.22. The van der Waals surface area contributed by atoms with E-state index in [9.17, 15) is 5.21 Å². The standard InChI is InChI=1S/C20H23NOSi/c1-14-11-15(2)13-16(12-14)18-10-9-17-19(21(18)22)7-6-8-20(17)23(3,4)5/h6-13H,1-5H3. The van der Waals surface area contributed by atoms with Crippen LogP contribution in [0.1, 0.15) is 11.1 Å². The molecule has 2 aromatic carbocycles. The molecule has 0 saturated heterocycles. The second kappa shape index (κ2) is 5.50. The van der Waals surface area contributed by atoms with Crippen molar-refractivity contribution < 1.29 is 4.73 Å². The van der Waals surface area contributed by atoms with Crippen molar-refractivity contribution in [2.75, 3.05) is 0 Å². The molecular weight excluding hydrogens is 298 g/mol. The molecule has 0 bridgehead atoms. The predicted molar refractivity (Wildman–Crippen MR) is 101 cm³/mol. The Morgan fingerprint density at radius 3 is 2.13 bits per heavy atom. The molecule has 1 aromatic heterocycles. The fourth-order valence-electron chi connectivity index (χ4n) is 3.26. The van der Waals surface area contributed by atoms with E-state index in [1.54, 1.807) is 0 Å². The van der Waals surface area contributed by atoms with Gasteiger partial charge in [-0.2, -0.15) is 4.73 Å². The summed E-state index contributed by atoms with van der Waals surface area (Å²) in [4.78, 5) is 0. The van der Waals surface area contributed by atoms with E-state index < -0.39 is 8.07 Å². The highest BCUT2D eigenvalue weighted by Gasteiger charge is 2.22. The molecule has 3 aromatic rings. The first-order chi connectivity index (χ1) is 10.8. The molecule has 0 N–H and O–H groups in total. The van der Waals surface area contributed by atoms with Gasteiger partial charge in [-0.15, -0.1) is 0 Å². The Balaban J connectivity index is 2.28. The number of aryl methyl sites for hydroxylation is 2. The second-order valence-electron chi connectivity index (χ2n) is 7.38. The number of benzene rings is 2. The van der Waals surface area contributed by atoms with E-state index in [0.29, 0.717) is 0 Å². The van der Waals surface area contributed by atoms with Crippen molar-refractivity contribution >= 4 is 24.2 Å². The minimum Gasteiger partial charge on any atom is -0.618 e. The zero-order chi connectivity index (χ0) is 16.8. The van der Waals surface area contributed by atoms with Crippen molar-refractivity contribution in [2.24, 2.45) is 0 Å². The molecule has 118 valence electrons. The van der Waals surface area contributed by atoms with Crippen molar-refractivity contribution in [2.45, 2.75) is 33.5 Å². The Morgan fingerprint density at radius 2 is 1.52 bits per heavy atom. The topological polar surface area (TPSA) is 26.9 Å². The maximum absolute atomic E-state index is 13.0. The first-order valence-corrected chi connectivity index (χ1v) is 11.5. The summed E-state index contributed by atoms with van der Waals surface area (Å²) < 4.78 is 1.09. The number of hydrogen-bond acceptors (Lipinski definition) is 1. The average Bonchev–Trinajstić information content (AvgIpc) is 2.45. The van der Waals surface area contributed by atoms with Crippen LogP contribution in [0.2, 0.25) is 19.6 Å². The Bertz CT molecular complexity index is 874. The Kier molecular flexibility index (Phi) is 3.76. The lowest BCUT2D eigenvalue weighted by molar-refractivity contribution is -0.565. The molecule has 0 saturated carbocycles. The number of fused-ring (bicyclic) bond motifs is 1. The van der Waals surface area contributed by atoms with E-state index in [1.165, 1.54) is 16.3 Å². The fourth-order valence-corrected chi connectivity index (χ4v) is 4.87. The summed E-state index contributed by atoms with van der Waals surface area (Å²) in [6.07, 6.45) is 0. The maximum atomic E-state index is 13.0. The van der Waals surface area contributed by atoms with E-state index in [4.69, 9.17) is 0 Å². The largest absolute Gasteiger partial charge is 0.618 e. The van der Waals surface area contributed by atoms with Crippen molar-refractivity contribution in [3.63, 3.8) is 0 Å². The highest BCUT2D eigenvalue weighted by molar-refractivity contribution is 6.90. The molecule has 0 aliphatic heterocycles. The average molecular weight is 321 g/mol. The van der Waals surface area contributed by atoms with Crippen LogP contribution in [0.5, 0.6) is 0 Å². The van der Waals surface area contributed by atoms with Crippen molar-refractivity contribution in [1.82, 2.24) is 0 Å². The van der Waals surface area contributed by atoms with Gasteiger partial charge in [-0.25, -0.2) is 0 Å². The van der Waals surface area contributed by atoms with Crippen LogP contribution in [0.3, 0.4) is 0 Å². The molecule has 1 heterocycles. The third-order valence-corrected chi connectivity index (χ3v) is 6.31. The van der Waals surface area contributed by atoms with Crippen LogP contribution in [-0.4, -0.2) is 8.07 Å².